The first-order valence-electron chi connectivity index (χ1n) is 13.6. The first kappa shape index (κ1) is 28.4. The third-order valence-electron chi connectivity index (χ3n) is 6.96. The fourth-order valence-corrected chi connectivity index (χ4v) is 5.31. The van der Waals surface area contributed by atoms with E-state index in [0.29, 0.717) is 40.0 Å². The van der Waals surface area contributed by atoms with Crippen LogP contribution in [0.1, 0.15) is 63.7 Å². The standard InChI is InChI=1S/C30H34ClN7O3/c1-29(2,3)41-28(40)34-19-13-11-18(12-14-19)26(39)36-30(4)15-7-8-20(16-30)33-27-32-17-22(31)25(35-27)24-21-9-5-6-10-23(21)37-38-24/h5-6,9-14,17,20H,7-8,15-16H2,1-4H3,(H,34,40)(H,36,39)(H,37,38)(H,32,33,35)/t20-,30+/m1/s1. The summed E-state index contributed by atoms with van der Waals surface area (Å²) in [7, 11) is 0. The number of anilines is 2. The molecule has 2 heterocycles. The number of halogens is 1. The quantitative estimate of drug-likeness (QED) is 0.204. The van der Waals surface area contributed by atoms with E-state index >= 15 is 0 Å². The molecule has 10 nitrogen and oxygen atoms in total. The Labute approximate surface area is 243 Å². The van der Waals surface area contributed by atoms with Crippen molar-refractivity contribution >= 4 is 46.1 Å². The van der Waals surface area contributed by atoms with Crippen molar-refractivity contribution < 1.29 is 14.3 Å². The van der Waals surface area contributed by atoms with Gasteiger partial charge in [-0.2, -0.15) is 5.10 Å². The Kier molecular flexibility index (Phi) is 7.86. The van der Waals surface area contributed by atoms with Crippen molar-refractivity contribution in [3.8, 4) is 11.4 Å². The van der Waals surface area contributed by atoms with Crippen molar-refractivity contribution in [1.82, 2.24) is 25.5 Å². The van der Waals surface area contributed by atoms with E-state index in [1.807, 2.05) is 24.3 Å². The molecule has 0 saturated heterocycles. The zero-order chi connectivity index (χ0) is 29.2. The number of amides is 2. The van der Waals surface area contributed by atoms with Crippen molar-refractivity contribution in [3.05, 3.63) is 65.3 Å². The smallest absolute Gasteiger partial charge is 0.412 e. The number of ether oxygens (including phenoxy) is 1. The lowest BCUT2D eigenvalue weighted by Gasteiger charge is -2.39. The predicted molar refractivity (Wildman–Crippen MR) is 160 cm³/mol. The summed E-state index contributed by atoms with van der Waals surface area (Å²) < 4.78 is 5.28. The van der Waals surface area contributed by atoms with Gasteiger partial charge in [0.1, 0.15) is 17.0 Å². The number of hydrogen-bond acceptors (Lipinski definition) is 7. The van der Waals surface area contributed by atoms with Gasteiger partial charge in [-0.1, -0.05) is 29.8 Å². The first-order chi connectivity index (χ1) is 19.5. The Morgan fingerprint density at radius 2 is 1.85 bits per heavy atom. The normalized spacial score (nSPS) is 19.0. The number of nitrogens with zero attached hydrogens (tertiary/aromatic N) is 3. The number of benzene rings is 2. The van der Waals surface area contributed by atoms with Crippen LogP contribution in [-0.4, -0.2) is 49.3 Å². The van der Waals surface area contributed by atoms with Gasteiger partial charge in [0.2, 0.25) is 5.95 Å². The summed E-state index contributed by atoms with van der Waals surface area (Å²) in [6.45, 7) is 7.46. The number of para-hydroxylation sites is 1. The molecule has 0 aliphatic heterocycles. The number of nitrogens with one attached hydrogen (secondary N) is 4. The maximum absolute atomic E-state index is 13.1. The summed E-state index contributed by atoms with van der Waals surface area (Å²) in [4.78, 5) is 34.3. The minimum absolute atomic E-state index is 0.0550. The van der Waals surface area contributed by atoms with Crippen LogP contribution < -0.4 is 16.0 Å². The molecule has 5 rings (SSSR count). The van der Waals surface area contributed by atoms with Gasteiger partial charge in [-0.3, -0.25) is 15.2 Å². The van der Waals surface area contributed by atoms with Crippen molar-refractivity contribution in [2.24, 2.45) is 0 Å². The van der Waals surface area contributed by atoms with Crippen molar-refractivity contribution in [2.75, 3.05) is 10.6 Å². The number of carbonyl (C=O) groups excluding carboxylic acids is 2. The maximum Gasteiger partial charge on any atom is 0.412 e. The minimum Gasteiger partial charge on any atom is -0.444 e. The molecule has 2 amide bonds. The largest absolute Gasteiger partial charge is 0.444 e. The molecule has 2 atom stereocenters. The van der Waals surface area contributed by atoms with E-state index in [-0.39, 0.29) is 11.9 Å². The van der Waals surface area contributed by atoms with Gasteiger partial charge < -0.3 is 15.4 Å². The number of rotatable bonds is 6. The highest BCUT2D eigenvalue weighted by Crippen LogP contribution is 2.33. The Hall–Kier alpha value is -4.18. The van der Waals surface area contributed by atoms with Gasteiger partial charge in [0, 0.05) is 28.2 Å². The highest BCUT2D eigenvalue weighted by molar-refractivity contribution is 6.33. The van der Waals surface area contributed by atoms with Gasteiger partial charge in [-0.05, 0) is 83.7 Å². The monoisotopic (exact) mass is 575 g/mol. The molecular formula is C30H34ClN7O3. The van der Waals surface area contributed by atoms with Crippen LogP contribution in [0.4, 0.5) is 16.4 Å². The molecule has 0 unspecified atom stereocenters. The summed E-state index contributed by atoms with van der Waals surface area (Å²) in [6, 6.07) is 14.6. The molecule has 0 bridgehead atoms. The van der Waals surface area contributed by atoms with Gasteiger partial charge in [-0.15, -0.1) is 0 Å². The molecule has 0 radical (unpaired) electrons. The van der Waals surface area contributed by atoms with Gasteiger partial charge in [0.05, 0.1) is 16.7 Å². The van der Waals surface area contributed by atoms with Crippen LogP contribution in [0, 0.1) is 0 Å². The predicted octanol–water partition coefficient (Wildman–Crippen LogP) is 6.56. The molecule has 4 N–H and O–H groups in total. The van der Waals surface area contributed by atoms with Crippen LogP contribution >= 0.6 is 11.6 Å². The molecule has 1 aliphatic rings. The van der Waals surface area contributed by atoms with E-state index < -0.39 is 17.2 Å². The molecule has 214 valence electrons. The van der Waals surface area contributed by atoms with E-state index in [0.717, 1.165) is 30.2 Å². The average Bonchev–Trinajstić information content (AvgIpc) is 3.33. The third-order valence-corrected chi connectivity index (χ3v) is 7.23. The van der Waals surface area contributed by atoms with E-state index in [2.05, 4.69) is 38.1 Å². The highest BCUT2D eigenvalue weighted by atomic mass is 35.5. The molecular weight excluding hydrogens is 542 g/mol. The van der Waals surface area contributed by atoms with E-state index in [1.54, 1.807) is 51.2 Å². The summed E-state index contributed by atoms with van der Waals surface area (Å²) in [5, 5.41) is 18.1. The SMILES string of the molecule is CC(C)(C)OC(=O)Nc1ccc(C(=O)N[C@@]2(C)CCC[C@@H](Nc3ncc(Cl)c(-c4n[nH]c5ccccc45)n3)C2)cc1. The van der Waals surface area contributed by atoms with Crippen LogP contribution in [0.15, 0.2) is 54.7 Å². The molecule has 2 aromatic heterocycles. The number of hydrogen-bond donors (Lipinski definition) is 4. The fraction of sp³-hybridized carbons (Fsp3) is 0.367. The second-order valence-corrected chi connectivity index (χ2v) is 12.1. The van der Waals surface area contributed by atoms with Crippen LogP contribution in [0.2, 0.25) is 5.02 Å². The lowest BCUT2D eigenvalue weighted by molar-refractivity contribution is 0.0635. The van der Waals surface area contributed by atoms with Crippen LogP contribution in [-0.2, 0) is 4.74 Å². The Morgan fingerprint density at radius 1 is 1.10 bits per heavy atom. The number of aromatic nitrogens is 4. The molecule has 1 aliphatic carbocycles. The molecule has 41 heavy (non-hydrogen) atoms. The molecule has 4 aromatic rings. The Bertz CT molecular complexity index is 1560. The number of fused-ring (bicyclic) bond motifs is 1. The van der Waals surface area contributed by atoms with Gasteiger partial charge >= 0.3 is 6.09 Å². The Morgan fingerprint density at radius 3 is 2.61 bits per heavy atom. The van der Waals surface area contributed by atoms with E-state index in [9.17, 15) is 9.59 Å². The number of H-pyrrole nitrogens is 1. The minimum atomic E-state index is -0.595. The molecule has 0 spiro atoms. The van der Waals surface area contributed by atoms with Crippen molar-refractivity contribution in [2.45, 2.75) is 70.6 Å². The molecule has 1 saturated carbocycles. The van der Waals surface area contributed by atoms with Gasteiger partial charge in [0.15, 0.2) is 0 Å². The third kappa shape index (κ3) is 6.94. The molecule has 1 fully saturated rings. The van der Waals surface area contributed by atoms with Crippen LogP contribution in [0.3, 0.4) is 0 Å². The summed E-state index contributed by atoms with van der Waals surface area (Å²) in [5.74, 6) is 0.289. The van der Waals surface area contributed by atoms with Crippen molar-refractivity contribution in [1.29, 1.82) is 0 Å². The molecule has 11 heteroatoms. The van der Waals surface area contributed by atoms with Gasteiger partial charge in [-0.25, -0.2) is 14.8 Å². The second-order valence-electron chi connectivity index (χ2n) is 11.7. The van der Waals surface area contributed by atoms with Crippen LogP contribution in [0.5, 0.6) is 0 Å². The summed E-state index contributed by atoms with van der Waals surface area (Å²) in [5.41, 5.74) is 2.17. The second kappa shape index (κ2) is 11.4. The molecule has 2 aromatic carbocycles. The van der Waals surface area contributed by atoms with E-state index in [1.165, 1.54) is 0 Å². The first-order valence-corrected chi connectivity index (χ1v) is 14.0. The maximum atomic E-state index is 13.1. The summed E-state index contributed by atoms with van der Waals surface area (Å²) >= 11 is 6.47. The Balaban J connectivity index is 1.22. The van der Waals surface area contributed by atoms with Crippen molar-refractivity contribution in [3.63, 3.8) is 0 Å². The summed E-state index contributed by atoms with van der Waals surface area (Å²) in [6.07, 6.45) is 4.43. The number of aromatic amines is 1. The zero-order valence-corrected chi connectivity index (χ0v) is 24.3. The van der Waals surface area contributed by atoms with Crippen LogP contribution in [0.25, 0.3) is 22.3 Å². The average molecular weight is 576 g/mol. The van der Waals surface area contributed by atoms with Gasteiger partial charge in [0.25, 0.3) is 5.91 Å². The lowest BCUT2D eigenvalue weighted by atomic mass is 9.80. The topological polar surface area (TPSA) is 134 Å². The van der Waals surface area contributed by atoms with E-state index in [4.69, 9.17) is 21.3 Å². The highest BCUT2D eigenvalue weighted by Gasteiger charge is 2.34. The number of carbonyl (C=O) groups is 2. The fourth-order valence-electron chi connectivity index (χ4n) is 5.13. The zero-order valence-electron chi connectivity index (χ0n) is 23.5. The lowest BCUT2D eigenvalue weighted by Crippen LogP contribution is -2.51.